The van der Waals surface area contributed by atoms with E-state index in [2.05, 4.69) is 19.2 Å². The first-order chi connectivity index (χ1) is 8.56. The van der Waals surface area contributed by atoms with Gasteiger partial charge in [-0.15, -0.1) is 0 Å². The van der Waals surface area contributed by atoms with E-state index in [-0.39, 0.29) is 5.82 Å². The predicted molar refractivity (Wildman–Crippen MR) is 75.6 cm³/mol. The van der Waals surface area contributed by atoms with Gasteiger partial charge >= 0.3 is 0 Å². The first kappa shape index (κ1) is 13.7. The van der Waals surface area contributed by atoms with Crippen LogP contribution in [0.1, 0.15) is 39.5 Å². The zero-order valence-corrected chi connectivity index (χ0v) is 11.8. The molecule has 100 valence electrons. The number of hydrogen-bond donors (Lipinski definition) is 1. The lowest BCUT2D eigenvalue weighted by Gasteiger charge is -2.32. The SMILES string of the molecule is CC(C)C1CCCC(Nc2cc(Cl)ccc2F)C1. The summed E-state index contributed by atoms with van der Waals surface area (Å²) < 4.78 is 13.7. The highest BCUT2D eigenvalue weighted by Crippen LogP contribution is 2.32. The second-order valence-corrected chi connectivity index (χ2v) is 6.07. The maximum Gasteiger partial charge on any atom is 0.146 e. The molecule has 2 unspecified atom stereocenters. The summed E-state index contributed by atoms with van der Waals surface area (Å²) in [6.07, 6.45) is 4.77. The van der Waals surface area contributed by atoms with E-state index >= 15 is 0 Å². The Kier molecular flexibility index (Phi) is 4.50. The second-order valence-electron chi connectivity index (χ2n) is 5.64. The number of anilines is 1. The molecule has 18 heavy (non-hydrogen) atoms. The summed E-state index contributed by atoms with van der Waals surface area (Å²) in [5, 5.41) is 3.89. The molecule has 0 saturated heterocycles. The van der Waals surface area contributed by atoms with Crippen molar-refractivity contribution in [1.29, 1.82) is 0 Å². The molecule has 2 rings (SSSR count). The normalized spacial score (nSPS) is 24.3. The van der Waals surface area contributed by atoms with Gasteiger partial charge in [0, 0.05) is 11.1 Å². The lowest BCUT2D eigenvalue weighted by Crippen LogP contribution is -2.29. The van der Waals surface area contributed by atoms with Gasteiger partial charge in [0.05, 0.1) is 5.69 Å². The molecule has 3 heteroatoms. The summed E-state index contributed by atoms with van der Waals surface area (Å²) in [6, 6.07) is 5.06. The quantitative estimate of drug-likeness (QED) is 0.804. The molecule has 0 amide bonds. The molecule has 0 aromatic heterocycles. The fourth-order valence-electron chi connectivity index (χ4n) is 2.79. The molecule has 2 atom stereocenters. The standard InChI is InChI=1S/C15H21ClFN/c1-10(2)11-4-3-5-13(8-11)18-15-9-12(16)6-7-14(15)17/h6-7,9-11,13,18H,3-5,8H2,1-2H3. The first-order valence-corrected chi connectivity index (χ1v) is 7.15. The Morgan fingerprint density at radius 2 is 2.11 bits per heavy atom. The molecule has 1 N–H and O–H groups in total. The van der Waals surface area contributed by atoms with Crippen LogP contribution in [0.25, 0.3) is 0 Å². The van der Waals surface area contributed by atoms with Crippen LogP contribution in [-0.2, 0) is 0 Å². The van der Waals surface area contributed by atoms with Crippen molar-refractivity contribution >= 4 is 17.3 Å². The Bertz CT molecular complexity index is 405. The maximum atomic E-state index is 13.7. The van der Waals surface area contributed by atoms with Gasteiger partial charge in [-0.2, -0.15) is 0 Å². The number of benzene rings is 1. The number of halogens is 2. The third-order valence-electron chi connectivity index (χ3n) is 3.95. The average Bonchev–Trinajstić information content (AvgIpc) is 2.34. The van der Waals surface area contributed by atoms with Crippen LogP contribution in [0.15, 0.2) is 18.2 Å². The Labute approximate surface area is 114 Å². The van der Waals surface area contributed by atoms with Crippen LogP contribution >= 0.6 is 11.6 Å². The fraction of sp³-hybridized carbons (Fsp3) is 0.600. The van der Waals surface area contributed by atoms with Gasteiger partial charge in [0.1, 0.15) is 5.82 Å². The lowest BCUT2D eigenvalue weighted by molar-refractivity contribution is 0.264. The van der Waals surface area contributed by atoms with Crippen LogP contribution < -0.4 is 5.32 Å². The van der Waals surface area contributed by atoms with Gasteiger partial charge in [0.25, 0.3) is 0 Å². The molecule has 0 radical (unpaired) electrons. The molecule has 1 saturated carbocycles. The molecule has 1 fully saturated rings. The van der Waals surface area contributed by atoms with Crippen molar-refractivity contribution in [3.8, 4) is 0 Å². The van der Waals surface area contributed by atoms with Gasteiger partial charge < -0.3 is 5.32 Å². The topological polar surface area (TPSA) is 12.0 Å². The minimum Gasteiger partial charge on any atom is -0.380 e. The van der Waals surface area contributed by atoms with Gasteiger partial charge in [-0.05, 0) is 42.9 Å². The van der Waals surface area contributed by atoms with Crippen molar-refractivity contribution in [3.05, 3.63) is 29.0 Å². The van der Waals surface area contributed by atoms with Gasteiger partial charge in [-0.1, -0.05) is 38.3 Å². The Balaban J connectivity index is 2.02. The lowest BCUT2D eigenvalue weighted by atomic mass is 9.79. The Hall–Kier alpha value is -0.760. The van der Waals surface area contributed by atoms with Crippen LogP contribution in [0.4, 0.5) is 10.1 Å². The van der Waals surface area contributed by atoms with Crippen molar-refractivity contribution in [2.45, 2.75) is 45.6 Å². The van der Waals surface area contributed by atoms with Gasteiger partial charge in [0.2, 0.25) is 0 Å². The van der Waals surface area contributed by atoms with Crippen LogP contribution in [0.3, 0.4) is 0 Å². The van der Waals surface area contributed by atoms with Crippen molar-refractivity contribution in [2.24, 2.45) is 11.8 Å². The highest BCUT2D eigenvalue weighted by molar-refractivity contribution is 6.30. The third kappa shape index (κ3) is 3.38. The van der Waals surface area contributed by atoms with Crippen molar-refractivity contribution in [2.75, 3.05) is 5.32 Å². The Morgan fingerprint density at radius 1 is 1.33 bits per heavy atom. The van der Waals surface area contributed by atoms with Gasteiger partial charge in [0.15, 0.2) is 0 Å². The fourth-order valence-corrected chi connectivity index (χ4v) is 2.96. The monoisotopic (exact) mass is 269 g/mol. The van der Waals surface area contributed by atoms with E-state index in [1.807, 2.05) is 0 Å². The van der Waals surface area contributed by atoms with Crippen molar-refractivity contribution < 1.29 is 4.39 Å². The Morgan fingerprint density at radius 3 is 2.83 bits per heavy atom. The summed E-state index contributed by atoms with van der Waals surface area (Å²) in [4.78, 5) is 0. The van der Waals surface area contributed by atoms with Crippen molar-refractivity contribution in [1.82, 2.24) is 0 Å². The summed E-state index contributed by atoms with van der Waals surface area (Å²) >= 11 is 5.91. The molecule has 0 aliphatic heterocycles. The van der Waals surface area contributed by atoms with E-state index in [1.54, 1.807) is 12.1 Å². The van der Waals surface area contributed by atoms with Gasteiger partial charge in [-0.3, -0.25) is 0 Å². The molecule has 0 heterocycles. The van der Waals surface area contributed by atoms with Crippen LogP contribution in [0.2, 0.25) is 5.02 Å². The number of hydrogen-bond acceptors (Lipinski definition) is 1. The summed E-state index contributed by atoms with van der Waals surface area (Å²) in [6.45, 7) is 4.54. The van der Waals surface area contributed by atoms with E-state index in [0.717, 1.165) is 18.8 Å². The smallest absolute Gasteiger partial charge is 0.146 e. The van der Waals surface area contributed by atoms with Gasteiger partial charge in [-0.25, -0.2) is 4.39 Å². The highest BCUT2D eigenvalue weighted by atomic mass is 35.5. The summed E-state index contributed by atoms with van der Waals surface area (Å²) in [7, 11) is 0. The van der Waals surface area contributed by atoms with E-state index < -0.39 is 0 Å². The third-order valence-corrected chi connectivity index (χ3v) is 4.18. The molecule has 1 nitrogen and oxygen atoms in total. The minimum absolute atomic E-state index is 0.217. The maximum absolute atomic E-state index is 13.7. The van der Waals surface area contributed by atoms with E-state index in [4.69, 9.17) is 11.6 Å². The van der Waals surface area contributed by atoms with E-state index in [0.29, 0.717) is 22.7 Å². The molecule has 1 aromatic carbocycles. The predicted octanol–water partition coefficient (Wildman–Crippen LogP) is 5.11. The zero-order valence-electron chi connectivity index (χ0n) is 11.0. The molecular formula is C15H21ClFN. The largest absolute Gasteiger partial charge is 0.380 e. The van der Waals surface area contributed by atoms with Crippen LogP contribution in [-0.4, -0.2) is 6.04 Å². The zero-order chi connectivity index (χ0) is 13.1. The molecule has 1 aliphatic carbocycles. The summed E-state index contributed by atoms with van der Waals surface area (Å²) in [5.41, 5.74) is 0.539. The minimum atomic E-state index is -0.217. The number of nitrogens with one attached hydrogen (secondary N) is 1. The molecule has 0 spiro atoms. The average molecular weight is 270 g/mol. The first-order valence-electron chi connectivity index (χ1n) is 6.78. The van der Waals surface area contributed by atoms with Crippen LogP contribution in [0.5, 0.6) is 0 Å². The molecule has 1 aromatic rings. The molecule has 0 bridgehead atoms. The van der Waals surface area contributed by atoms with Crippen molar-refractivity contribution in [3.63, 3.8) is 0 Å². The number of rotatable bonds is 3. The summed E-state index contributed by atoms with van der Waals surface area (Å²) in [5.74, 6) is 1.24. The van der Waals surface area contributed by atoms with Crippen LogP contribution in [0, 0.1) is 17.7 Å². The molecule has 1 aliphatic rings. The van der Waals surface area contributed by atoms with E-state index in [1.165, 1.54) is 18.9 Å². The van der Waals surface area contributed by atoms with E-state index in [9.17, 15) is 4.39 Å². The second kappa shape index (κ2) is 5.92. The highest BCUT2D eigenvalue weighted by Gasteiger charge is 2.24. The molecular weight excluding hydrogens is 249 g/mol.